The zero-order chi connectivity index (χ0) is 19.9. The summed E-state index contributed by atoms with van der Waals surface area (Å²) in [7, 11) is 0. The number of pyridine rings is 1. The predicted molar refractivity (Wildman–Crippen MR) is 104 cm³/mol. The molecular weight excluding hydrogens is 365 g/mol. The second kappa shape index (κ2) is 6.82. The van der Waals surface area contributed by atoms with E-state index in [1.54, 1.807) is 41.6 Å². The lowest BCUT2D eigenvalue weighted by atomic mass is 10.0. The van der Waals surface area contributed by atoms with Gasteiger partial charge in [0.15, 0.2) is 11.9 Å². The van der Waals surface area contributed by atoms with Gasteiger partial charge in [-0.05, 0) is 41.8 Å². The van der Waals surface area contributed by atoms with Crippen LogP contribution in [0.15, 0.2) is 65.9 Å². The summed E-state index contributed by atoms with van der Waals surface area (Å²) in [6.07, 6.45) is 1.11. The molecule has 28 heavy (non-hydrogen) atoms. The fourth-order valence-corrected chi connectivity index (χ4v) is 3.35. The van der Waals surface area contributed by atoms with Crippen LogP contribution in [0, 0.1) is 0 Å². The number of allylic oxidation sites excluding steroid dienone is 1. The molecular formula is C21H19F3N4. The maximum atomic E-state index is 13.7. The van der Waals surface area contributed by atoms with Crippen LogP contribution in [0.1, 0.15) is 42.9 Å². The summed E-state index contributed by atoms with van der Waals surface area (Å²) in [6.45, 7) is 4.19. The monoisotopic (exact) mass is 384 g/mol. The average molecular weight is 384 g/mol. The van der Waals surface area contributed by atoms with Crippen molar-refractivity contribution in [2.75, 3.05) is 4.90 Å². The number of benzene rings is 1. The van der Waals surface area contributed by atoms with E-state index in [1.165, 1.54) is 10.6 Å². The Morgan fingerprint density at radius 3 is 2.46 bits per heavy atom. The topological polar surface area (TPSA) is 32.9 Å². The third kappa shape index (κ3) is 3.17. The van der Waals surface area contributed by atoms with Gasteiger partial charge in [0.25, 0.3) is 0 Å². The van der Waals surface area contributed by atoms with Crippen molar-refractivity contribution in [1.29, 1.82) is 0 Å². The van der Waals surface area contributed by atoms with Gasteiger partial charge in [0.05, 0.1) is 0 Å². The quantitative estimate of drug-likeness (QED) is 0.591. The molecule has 3 heterocycles. The highest BCUT2D eigenvalue weighted by Crippen LogP contribution is 2.39. The van der Waals surface area contributed by atoms with Crippen LogP contribution >= 0.6 is 0 Å². The van der Waals surface area contributed by atoms with E-state index in [9.17, 15) is 13.2 Å². The number of aliphatic imine (C=N–C) groups is 1. The zero-order valence-corrected chi connectivity index (χ0v) is 15.4. The fourth-order valence-electron chi connectivity index (χ4n) is 3.35. The number of hydrogen-bond donors (Lipinski definition) is 0. The number of rotatable bonds is 3. The van der Waals surface area contributed by atoms with Crippen molar-refractivity contribution < 1.29 is 13.2 Å². The number of aromatic nitrogens is 2. The lowest BCUT2D eigenvalue weighted by molar-refractivity contribution is -0.141. The minimum absolute atomic E-state index is 0.00311. The van der Waals surface area contributed by atoms with Crippen LogP contribution in [0.3, 0.4) is 0 Å². The van der Waals surface area contributed by atoms with Crippen molar-refractivity contribution in [3.8, 4) is 0 Å². The normalized spacial score (nSPS) is 17.1. The third-order valence-electron chi connectivity index (χ3n) is 4.76. The summed E-state index contributed by atoms with van der Waals surface area (Å²) in [5, 5.41) is 0. The summed E-state index contributed by atoms with van der Waals surface area (Å²) in [5.74, 6) is 0.371. The van der Waals surface area contributed by atoms with Gasteiger partial charge in [0, 0.05) is 24.3 Å². The lowest BCUT2D eigenvalue weighted by Crippen LogP contribution is -2.27. The molecule has 3 aromatic rings. The molecule has 0 saturated heterocycles. The molecule has 4 rings (SSSR count). The smallest absolute Gasteiger partial charge is 0.320 e. The molecule has 1 unspecified atom stereocenters. The van der Waals surface area contributed by atoms with Crippen molar-refractivity contribution in [2.45, 2.75) is 32.1 Å². The van der Waals surface area contributed by atoms with Crippen LogP contribution in [0.25, 0.3) is 5.65 Å². The Morgan fingerprint density at radius 2 is 1.79 bits per heavy atom. The van der Waals surface area contributed by atoms with Crippen molar-refractivity contribution in [3.05, 3.63) is 77.9 Å². The molecule has 7 heteroatoms. The van der Waals surface area contributed by atoms with Gasteiger partial charge in [-0.3, -0.25) is 9.39 Å². The summed E-state index contributed by atoms with van der Waals surface area (Å²) in [6, 6.07) is 12.7. The first kappa shape index (κ1) is 18.3. The fraction of sp³-hybridized carbons (Fsp3) is 0.238. The summed E-state index contributed by atoms with van der Waals surface area (Å²) >= 11 is 0. The molecule has 0 aliphatic carbocycles. The first-order valence-corrected chi connectivity index (χ1v) is 8.98. The Labute approximate surface area is 160 Å². The maximum absolute atomic E-state index is 13.7. The van der Waals surface area contributed by atoms with Crippen LogP contribution < -0.4 is 4.90 Å². The second-order valence-corrected chi connectivity index (χ2v) is 6.94. The molecule has 4 nitrogen and oxygen atoms in total. The Morgan fingerprint density at radius 1 is 1.04 bits per heavy atom. The van der Waals surface area contributed by atoms with Crippen molar-refractivity contribution in [3.63, 3.8) is 0 Å². The number of anilines is 1. The van der Waals surface area contributed by atoms with Gasteiger partial charge < -0.3 is 4.90 Å². The van der Waals surface area contributed by atoms with Crippen molar-refractivity contribution in [1.82, 2.24) is 9.38 Å². The summed E-state index contributed by atoms with van der Waals surface area (Å²) in [4.78, 5) is 9.93. The third-order valence-corrected chi connectivity index (χ3v) is 4.76. The summed E-state index contributed by atoms with van der Waals surface area (Å²) in [5.41, 5.74) is 1.25. The van der Waals surface area contributed by atoms with Crippen LogP contribution in [0.2, 0.25) is 0 Å². The summed E-state index contributed by atoms with van der Waals surface area (Å²) < 4.78 is 42.7. The minimum Gasteiger partial charge on any atom is -0.320 e. The van der Waals surface area contributed by atoms with Crippen molar-refractivity contribution >= 4 is 17.5 Å². The van der Waals surface area contributed by atoms with E-state index in [1.807, 2.05) is 24.3 Å². The number of nitrogens with zero attached hydrogens (tertiary/aromatic N) is 4. The Bertz CT molecular complexity index is 1050. The molecule has 1 aliphatic heterocycles. The highest BCUT2D eigenvalue weighted by molar-refractivity contribution is 5.75. The minimum atomic E-state index is -4.58. The number of hydrogen-bond acceptors (Lipinski definition) is 3. The van der Waals surface area contributed by atoms with Gasteiger partial charge in [-0.25, -0.2) is 4.98 Å². The van der Waals surface area contributed by atoms with E-state index >= 15 is 0 Å². The molecule has 0 saturated carbocycles. The van der Waals surface area contributed by atoms with Gasteiger partial charge in [0.1, 0.15) is 11.3 Å². The van der Waals surface area contributed by atoms with E-state index in [-0.39, 0.29) is 11.3 Å². The van der Waals surface area contributed by atoms with Crippen LogP contribution in [0.5, 0.6) is 0 Å². The first-order valence-electron chi connectivity index (χ1n) is 8.98. The molecule has 1 aliphatic rings. The van der Waals surface area contributed by atoms with Gasteiger partial charge in [0.2, 0.25) is 0 Å². The van der Waals surface area contributed by atoms with Crippen LogP contribution in [-0.2, 0) is 6.18 Å². The Kier molecular flexibility index (Phi) is 4.45. The molecule has 2 aromatic heterocycles. The molecule has 144 valence electrons. The van der Waals surface area contributed by atoms with E-state index in [2.05, 4.69) is 23.8 Å². The van der Waals surface area contributed by atoms with Crippen molar-refractivity contribution in [2.24, 2.45) is 4.99 Å². The molecule has 1 atom stereocenters. The van der Waals surface area contributed by atoms with Crippen LogP contribution in [0.4, 0.5) is 18.9 Å². The van der Waals surface area contributed by atoms with Crippen LogP contribution in [-0.4, -0.2) is 15.6 Å². The number of imidazole rings is 1. The highest BCUT2D eigenvalue weighted by atomic mass is 19.4. The molecule has 0 N–H and O–H groups in total. The highest BCUT2D eigenvalue weighted by Gasteiger charge is 2.41. The largest absolute Gasteiger partial charge is 0.435 e. The van der Waals surface area contributed by atoms with Gasteiger partial charge >= 0.3 is 6.18 Å². The second-order valence-electron chi connectivity index (χ2n) is 6.94. The maximum Gasteiger partial charge on any atom is 0.435 e. The van der Waals surface area contributed by atoms with Gasteiger partial charge in [-0.15, -0.1) is 0 Å². The Balaban J connectivity index is 1.85. The van der Waals surface area contributed by atoms with E-state index in [0.29, 0.717) is 5.92 Å². The lowest BCUT2D eigenvalue weighted by Gasteiger charge is -2.30. The predicted octanol–water partition coefficient (Wildman–Crippen LogP) is 5.58. The molecule has 1 aromatic carbocycles. The standard InChI is InChI=1S/C21H19F3N4/c1-14(2)15-7-9-16(10-8-15)27-13-5-11-25-20(27)18-19(21(22,23)24)26-17-6-3-4-12-28(17)18/h3-14,20H,1-2H3. The molecule has 0 spiro atoms. The van der Waals surface area contributed by atoms with Gasteiger partial charge in [-0.2, -0.15) is 13.2 Å². The van der Waals surface area contributed by atoms with E-state index in [0.717, 1.165) is 11.3 Å². The van der Waals surface area contributed by atoms with Gasteiger partial charge in [-0.1, -0.05) is 32.0 Å². The zero-order valence-electron chi connectivity index (χ0n) is 15.4. The molecule has 0 amide bonds. The molecule has 0 radical (unpaired) electrons. The SMILES string of the molecule is CC(C)c1ccc(N2C=CC=NC2c2c(C(F)(F)F)nc3ccccn23)cc1. The number of alkyl halides is 3. The first-order chi connectivity index (χ1) is 13.4. The molecule has 0 fully saturated rings. The number of fused-ring (bicyclic) bond motifs is 1. The molecule has 0 bridgehead atoms. The number of halogens is 3. The van der Waals surface area contributed by atoms with E-state index in [4.69, 9.17) is 0 Å². The Hall–Kier alpha value is -3.09. The van der Waals surface area contributed by atoms with E-state index < -0.39 is 18.0 Å². The average Bonchev–Trinajstić information content (AvgIpc) is 3.08.